The molecule has 2 heteroatoms. The van der Waals surface area contributed by atoms with E-state index in [9.17, 15) is 4.79 Å². The molecular formula is C22H18O2. The summed E-state index contributed by atoms with van der Waals surface area (Å²) in [5, 5.41) is 0. The molecule has 3 aromatic carbocycles. The third-order valence-electron chi connectivity index (χ3n) is 4.81. The van der Waals surface area contributed by atoms with Crippen LogP contribution in [0, 0.1) is 13.8 Å². The van der Waals surface area contributed by atoms with Gasteiger partial charge in [0.2, 0.25) is 11.4 Å². The van der Waals surface area contributed by atoms with Crippen LogP contribution in [0.2, 0.25) is 0 Å². The SMILES string of the molecule is Cc1ccc([C@]2(c3ccccc3)Oc3ccccc3C2=O)cc1C. The molecule has 1 atom stereocenters. The maximum atomic E-state index is 13.4. The number of para-hydroxylation sites is 1. The van der Waals surface area contributed by atoms with Gasteiger partial charge in [0.05, 0.1) is 5.56 Å². The molecule has 118 valence electrons. The van der Waals surface area contributed by atoms with Gasteiger partial charge in [-0.05, 0) is 37.1 Å². The number of benzene rings is 3. The smallest absolute Gasteiger partial charge is 0.221 e. The summed E-state index contributed by atoms with van der Waals surface area (Å²) >= 11 is 0. The Kier molecular flexibility index (Phi) is 3.27. The summed E-state index contributed by atoms with van der Waals surface area (Å²) < 4.78 is 6.32. The Balaban J connectivity index is 1.99. The molecule has 0 radical (unpaired) electrons. The maximum absolute atomic E-state index is 13.4. The van der Waals surface area contributed by atoms with Crippen molar-refractivity contribution in [2.75, 3.05) is 0 Å². The molecule has 0 unspecified atom stereocenters. The zero-order chi connectivity index (χ0) is 16.7. The zero-order valence-electron chi connectivity index (χ0n) is 13.7. The number of ketones is 1. The van der Waals surface area contributed by atoms with Crippen LogP contribution in [0.25, 0.3) is 0 Å². The topological polar surface area (TPSA) is 26.3 Å². The number of hydrogen-bond acceptors (Lipinski definition) is 2. The highest BCUT2D eigenvalue weighted by atomic mass is 16.5. The Morgan fingerprint density at radius 3 is 2.17 bits per heavy atom. The van der Waals surface area contributed by atoms with Crippen LogP contribution in [-0.2, 0) is 5.60 Å². The lowest BCUT2D eigenvalue weighted by Crippen LogP contribution is -2.38. The first-order chi connectivity index (χ1) is 11.6. The third-order valence-corrected chi connectivity index (χ3v) is 4.81. The minimum absolute atomic E-state index is 0.00690. The van der Waals surface area contributed by atoms with Crippen molar-refractivity contribution in [2.24, 2.45) is 0 Å². The van der Waals surface area contributed by atoms with E-state index < -0.39 is 5.60 Å². The predicted molar refractivity (Wildman–Crippen MR) is 94.5 cm³/mol. The van der Waals surface area contributed by atoms with Crippen LogP contribution in [0.4, 0.5) is 0 Å². The first-order valence-electron chi connectivity index (χ1n) is 8.09. The molecule has 3 aromatic rings. The second-order valence-electron chi connectivity index (χ2n) is 6.27. The van der Waals surface area contributed by atoms with Crippen LogP contribution in [0.3, 0.4) is 0 Å². The number of carbonyl (C=O) groups is 1. The van der Waals surface area contributed by atoms with E-state index in [0.717, 1.165) is 16.7 Å². The van der Waals surface area contributed by atoms with Crippen LogP contribution >= 0.6 is 0 Å². The summed E-state index contributed by atoms with van der Waals surface area (Å²) in [6.07, 6.45) is 0. The zero-order valence-corrected chi connectivity index (χ0v) is 13.7. The third kappa shape index (κ3) is 2.00. The Hall–Kier alpha value is -2.87. The van der Waals surface area contributed by atoms with E-state index in [-0.39, 0.29) is 5.78 Å². The Morgan fingerprint density at radius 1 is 0.750 bits per heavy atom. The van der Waals surface area contributed by atoms with E-state index >= 15 is 0 Å². The van der Waals surface area contributed by atoms with Gasteiger partial charge in [-0.3, -0.25) is 4.79 Å². The van der Waals surface area contributed by atoms with Gasteiger partial charge in [0.15, 0.2) is 0 Å². The standard InChI is InChI=1S/C22H18O2/c1-15-12-13-18(14-16(15)2)22(17-8-4-3-5-9-17)21(23)19-10-6-7-11-20(19)24-22/h3-14H,1-2H3/t22-/m0/s1. The van der Waals surface area contributed by atoms with Crippen LogP contribution < -0.4 is 4.74 Å². The molecule has 1 aliphatic rings. The molecule has 1 aliphatic heterocycles. The summed E-state index contributed by atoms with van der Waals surface area (Å²) in [5.41, 5.74) is 3.61. The minimum atomic E-state index is -1.11. The van der Waals surface area contributed by atoms with Gasteiger partial charge in [-0.15, -0.1) is 0 Å². The van der Waals surface area contributed by atoms with E-state index in [1.54, 1.807) is 0 Å². The molecule has 0 aromatic heterocycles. The number of aryl methyl sites for hydroxylation is 2. The first kappa shape index (κ1) is 14.7. The van der Waals surface area contributed by atoms with Gasteiger partial charge in [-0.25, -0.2) is 0 Å². The van der Waals surface area contributed by atoms with Crippen LogP contribution in [0.5, 0.6) is 5.75 Å². The highest BCUT2D eigenvalue weighted by Gasteiger charge is 2.50. The molecule has 0 spiro atoms. The van der Waals surface area contributed by atoms with E-state index in [0.29, 0.717) is 11.3 Å². The average Bonchev–Trinajstić information content (AvgIpc) is 2.92. The van der Waals surface area contributed by atoms with Gasteiger partial charge < -0.3 is 4.74 Å². The van der Waals surface area contributed by atoms with Crippen molar-refractivity contribution in [3.05, 3.63) is 101 Å². The minimum Gasteiger partial charge on any atom is -0.469 e. The molecule has 2 nitrogen and oxygen atoms in total. The normalized spacial score (nSPS) is 19.0. The number of fused-ring (bicyclic) bond motifs is 1. The lowest BCUT2D eigenvalue weighted by Gasteiger charge is -2.29. The quantitative estimate of drug-likeness (QED) is 0.677. The summed E-state index contributed by atoms with van der Waals surface area (Å²) in [6.45, 7) is 4.13. The molecule has 1 heterocycles. The first-order valence-corrected chi connectivity index (χ1v) is 8.09. The number of ether oxygens (including phenoxy) is 1. The fraction of sp³-hybridized carbons (Fsp3) is 0.136. The van der Waals surface area contributed by atoms with Crippen molar-refractivity contribution in [2.45, 2.75) is 19.4 Å². The van der Waals surface area contributed by atoms with Crippen LogP contribution in [-0.4, -0.2) is 5.78 Å². The van der Waals surface area contributed by atoms with Gasteiger partial charge in [0.1, 0.15) is 5.75 Å². The number of Topliss-reactive ketones (excluding diaryl/α,β-unsaturated/α-hetero) is 1. The molecule has 0 N–H and O–H groups in total. The van der Waals surface area contributed by atoms with Crippen molar-refractivity contribution in [3.8, 4) is 5.75 Å². The van der Waals surface area contributed by atoms with Crippen molar-refractivity contribution >= 4 is 5.78 Å². The molecule has 0 saturated heterocycles. The van der Waals surface area contributed by atoms with Crippen molar-refractivity contribution in [3.63, 3.8) is 0 Å². The van der Waals surface area contributed by atoms with E-state index in [1.165, 1.54) is 5.56 Å². The Bertz CT molecular complexity index is 928. The second-order valence-corrected chi connectivity index (χ2v) is 6.27. The summed E-state index contributed by atoms with van der Waals surface area (Å²) in [5.74, 6) is 0.636. The molecule has 0 amide bonds. The van der Waals surface area contributed by atoms with E-state index in [1.807, 2.05) is 60.7 Å². The Labute approximate surface area is 141 Å². The maximum Gasteiger partial charge on any atom is 0.221 e. The van der Waals surface area contributed by atoms with Crippen LogP contribution in [0.1, 0.15) is 32.6 Å². The molecule has 0 aliphatic carbocycles. The molecular weight excluding hydrogens is 296 g/mol. The van der Waals surface area contributed by atoms with Crippen molar-refractivity contribution < 1.29 is 9.53 Å². The van der Waals surface area contributed by atoms with Crippen molar-refractivity contribution in [1.29, 1.82) is 0 Å². The summed E-state index contributed by atoms with van der Waals surface area (Å²) in [6, 6.07) is 23.3. The monoisotopic (exact) mass is 314 g/mol. The predicted octanol–water partition coefficient (Wildman–Crippen LogP) is 4.82. The largest absolute Gasteiger partial charge is 0.469 e. The second kappa shape index (κ2) is 5.34. The summed E-state index contributed by atoms with van der Waals surface area (Å²) in [4.78, 5) is 13.4. The summed E-state index contributed by atoms with van der Waals surface area (Å²) in [7, 11) is 0. The number of hydrogen-bond donors (Lipinski definition) is 0. The van der Waals surface area contributed by atoms with Gasteiger partial charge >= 0.3 is 0 Å². The molecule has 0 fully saturated rings. The highest BCUT2D eigenvalue weighted by molar-refractivity contribution is 6.10. The fourth-order valence-electron chi connectivity index (χ4n) is 3.32. The van der Waals surface area contributed by atoms with Gasteiger partial charge in [0, 0.05) is 11.1 Å². The molecule has 4 rings (SSSR count). The Morgan fingerprint density at radius 2 is 1.46 bits per heavy atom. The van der Waals surface area contributed by atoms with Gasteiger partial charge in [-0.1, -0.05) is 60.7 Å². The van der Waals surface area contributed by atoms with Gasteiger partial charge in [-0.2, -0.15) is 0 Å². The lowest BCUT2D eigenvalue weighted by molar-refractivity contribution is 0.0686. The van der Waals surface area contributed by atoms with E-state index in [2.05, 4.69) is 26.0 Å². The van der Waals surface area contributed by atoms with Crippen molar-refractivity contribution in [1.82, 2.24) is 0 Å². The number of rotatable bonds is 2. The van der Waals surface area contributed by atoms with E-state index in [4.69, 9.17) is 4.74 Å². The molecule has 0 bridgehead atoms. The molecule has 0 saturated carbocycles. The van der Waals surface area contributed by atoms with Gasteiger partial charge in [0.25, 0.3) is 0 Å². The van der Waals surface area contributed by atoms with Crippen LogP contribution in [0.15, 0.2) is 72.8 Å². The lowest BCUT2D eigenvalue weighted by atomic mass is 9.81. The average molecular weight is 314 g/mol. The number of carbonyl (C=O) groups excluding carboxylic acids is 1. The molecule has 24 heavy (non-hydrogen) atoms. The fourth-order valence-corrected chi connectivity index (χ4v) is 3.32. The highest BCUT2D eigenvalue weighted by Crippen LogP contribution is 2.45.